The fraction of sp³-hybridized carbons (Fsp3) is 1.00. The Labute approximate surface area is 53.1 Å². The Bertz CT molecular complexity index is 65.3. The average Bonchev–Trinajstić information content (AvgIpc) is 1.21. The highest BCUT2D eigenvalue weighted by atomic mass is 15.3. The molecule has 0 radical (unpaired) electrons. The lowest BCUT2D eigenvalue weighted by Gasteiger charge is -2.36. The van der Waals surface area contributed by atoms with Gasteiger partial charge in [-0.15, -0.1) is 0 Å². The zero-order valence-electron chi connectivity index (χ0n) is 5.60. The second kappa shape index (κ2) is 2.51. The number of quaternary nitrogens is 1. The lowest BCUT2D eigenvalue weighted by Crippen LogP contribution is -2.43. The van der Waals surface area contributed by atoms with Crippen molar-refractivity contribution in [2.24, 2.45) is 0 Å². The fourth-order valence-electron chi connectivity index (χ4n) is 0.566. The van der Waals surface area contributed by atoms with Crippen molar-refractivity contribution in [1.82, 2.24) is 4.90 Å². The Morgan fingerprint density at radius 1 is 1.38 bits per heavy atom. The highest BCUT2D eigenvalue weighted by molar-refractivity contribution is 5.97. The molecule has 0 aliphatic carbocycles. The molecule has 0 saturated heterocycles. The third kappa shape index (κ3) is 5.98. The van der Waals surface area contributed by atoms with Gasteiger partial charge in [0, 0.05) is 14.1 Å². The first-order valence-corrected chi connectivity index (χ1v) is 2.42. The van der Waals surface area contributed by atoms with Crippen LogP contribution in [0.3, 0.4) is 0 Å². The summed E-state index contributed by atoms with van der Waals surface area (Å²) in [5, 5.41) is 0. The van der Waals surface area contributed by atoms with E-state index in [1.807, 2.05) is 0 Å². The maximum absolute atomic E-state index is 2.29. The van der Waals surface area contributed by atoms with E-state index >= 15 is 0 Å². The number of hydrogen-bond donors (Lipinski definition) is 0. The van der Waals surface area contributed by atoms with Crippen LogP contribution in [0, 0.1) is 0 Å². The van der Waals surface area contributed by atoms with E-state index in [4.69, 9.17) is 0 Å². The van der Waals surface area contributed by atoms with Crippen LogP contribution in [0.25, 0.3) is 0 Å². The van der Waals surface area contributed by atoms with Gasteiger partial charge in [-0.2, -0.15) is 0 Å². The Morgan fingerprint density at radius 3 is 1.75 bits per heavy atom. The van der Waals surface area contributed by atoms with Gasteiger partial charge in [-0.25, -0.2) is 0 Å². The SMILES string of the molecule is [BH3-][N+](C)(C)CN(C)C. The Kier molecular flexibility index (Phi) is 2.50. The Hall–Kier alpha value is -0.0151. The molecule has 0 aliphatic rings. The normalized spacial score (nSPS) is 12.8. The van der Waals surface area contributed by atoms with Crippen molar-refractivity contribution in [3.8, 4) is 0 Å². The van der Waals surface area contributed by atoms with E-state index in [0.717, 1.165) is 0 Å². The van der Waals surface area contributed by atoms with E-state index in [2.05, 4.69) is 33.1 Å². The molecule has 0 aromatic carbocycles. The van der Waals surface area contributed by atoms with Gasteiger partial charge in [0.15, 0.2) is 7.98 Å². The summed E-state index contributed by atoms with van der Waals surface area (Å²) < 4.78 is 1.26. The molecule has 0 aromatic heterocycles. The summed E-state index contributed by atoms with van der Waals surface area (Å²) in [6.45, 7) is 1.21. The van der Waals surface area contributed by atoms with Crippen LogP contribution in [0.15, 0.2) is 0 Å². The highest BCUT2D eigenvalue weighted by Crippen LogP contribution is 1.87. The first kappa shape index (κ1) is 7.98. The third-order valence-corrected chi connectivity index (χ3v) is 0.566. The smallest absolute Gasteiger partial charge is 0.169 e. The quantitative estimate of drug-likeness (QED) is 0.325. The lowest BCUT2D eigenvalue weighted by molar-refractivity contribution is -0.785. The number of nitrogens with zero attached hydrogens (tertiary/aromatic N) is 2. The van der Waals surface area contributed by atoms with Gasteiger partial charge in [0.05, 0.1) is 6.67 Å². The second-order valence-electron chi connectivity index (χ2n) is 2.30. The van der Waals surface area contributed by atoms with Gasteiger partial charge in [0.25, 0.3) is 0 Å². The van der Waals surface area contributed by atoms with E-state index in [1.54, 1.807) is 0 Å². The Balaban J connectivity index is 3.39. The van der Waals surface area contributed by atoms with Crippen LogP contribution >= 0.6 is 0 Å². The molecule has 0 unspecified atom stereocenters. The van der Waals surface area contributed by atoms with Crippen molar-refractivity contribution >= 4 is 7.98 Å². The summed E-state index contributed by atoms with van der Waals surface area (Å²) in [5.74, 6) is 0. The molecular formula is C5H17BN2. The summed E-state index contributed by atoms with van der Waals surface area (Å²) >= 11 is 0. The maximum Gasteiger partial charge on any atom is 0.169 e. The minimum Gasteiger partial charge on any atom is -0.515 e. The molecule has 0 amide bonds. The minimum atomic E-state index is 0.455. The van der Waals surface area contributed by atoms with E-state index < -0.39 is 0 Å². The number of rotatable bonds is 2. The highest BCUT2D eigenvalue weighted by Gasteiger charge is 1.99. The zero-order valence-corrected chi connectivity index (χ0v) is 5.60. The molecule has 8 heavy (non-hydrogen) atoms. The molecule has 3 heteroatoms. The van der Waals surface area contributed by atoms with Crippen molar-refractivity contribution < 1.29 is 4.39 Å². The molecule has 0 atom stereocenters. The fourth-order valence-corrected chi connectivity index (χ4v) is 0.566. The molecule has 0 aliphatic heterocycles. The van der Waals surface area contributed by atoms with Gasteiger partial charge in [0.1, 0.15) is 0 Å². The van der Waals surface area contributed by atoms with E-state index in [1.165, 1.54) is 11.1 Å². The van der Waals surface area contributed by atoms with Crippen molar-refractivity contribution in [2.75, 3.05) is 34.9 Å². The standard InChI is InChI=1S/C5H17BN2/c1-7(2)5-8(3,4)6/h5H2,1-4,6H3. The van der Waals surface area contributed by atoms with Gasteiger partial charge in [-0.3, -0.25) is 4.90 Å². The summed E-state index contributed by atoms with van der Waals surface area (Å²) in [6.07, 6.45) is 0. The summed E-state index contributed by atoms with van der Waals surface area (Å²) in [5.41, 5.74) is 0. The van der Waals surface area contributed by atoms with Gasteiger partial charge in [0.2, 0.25) is 0 Å². The molecule has 0 N–H and O–H groups in total. The molecule has 0 spiro atoms. The molecule has 0 bridgehead atoms. The Morgan fingerprint density at radius 2 is 1.75 bits per heavy atom. The number of hydrogen-bond acceptors (Lipinski definition) is 1. The molecule has 0 rings (SSSR count). The largest absolute Gasteiger partial charge is 0.515 e. The van der Waals surface area contributed by atoms with Gasteiger partial charge >= 0.3 is 0 Å². The van der Waals surface area contributed by atoms with Crippen LogP contribution in [0.1, 0.15) is 0 Å². The van der Waals surface area contributed by atoms with Crippen LogP contribution in [-0.4, -0.2) is 52.1 Å². The van der Waals surface area contributed by atoms with Gasteiger partial charge < -0.3 is 4.39 Å². The topological polar surface area (TPSA) is 3.24 Å². The summed E-state index contributed by atoms with van der Waals surface area (Å²) in [7, 11) is 9.29. The molecule has 0 fully saturated rings. The predicted molar refractivity (Wildman–Crippen MR) is 40.6 cm³/mol. The lowest BCUT2D eigenvalue weighted by atomic mass is 10.3. The van der Waals surface area contributed by atoms with Crippen LogP contribution < -0.4 is 0 Å². The van der Waals surface area contributed by atoms with Crippen molar-refractivity contribution in [1.29, 1.82) is 0 Å². The molecule has 2 nitrogen and oxygen atoms in total. The van der Waals surface area contributed by atoms with Crippen LogP contribution in [0.2, 0.25) is 0 Å². The molecular weight excluding hydrogens is 98.9 g/mol. The van der Waals surface area contributed by atoms with Gasteiger partial charge in [-0.05, 0) is 14.1 Å². The van der Waals surface area contributed by atoms with E-state index in [0.29, 0.717) is 7.98 Å². The molecule has 0 heterocycles. The van der Waals surface area contributed by atoms with Crippen LogP contribution in [-0.2, 0) is 0 Å². The molecule has 0 saturated carbocycles. The first-order valence-electron chi connectivity index (χ1n) is 2.42. The second-order valence-corrected chi connectivity index (χ2v) is 2.30. The van der Waals surface area contributed by atoms with E-state index in [-0.39, 0.29) is 0 Å². The summed E-state index contributed by atoms with van der Waals surface area (Å²) in [6, 6.07) is 0. The minimum absolute atomic E-state index is 0.455. The monoisotopic (exact) mass is 116 g/mol. The predicted octanol–water partition coefficient (Wildman–Crippen LogP) is -1.14. The molecule has 0 aromatic rings. The van der Waals surface area contributed by atoms with Gasteiger partial charge in [-0.1, -0.05) is 0 Å². The van der Waals surface area contributed by atoms with Crippen molar-refractivity contribution in [2.45, 2.75) is 0 Å². The first-order chi connectivity index (χ1) is 3.42. The van der Waals surface area contributed by atoms with Crippen LogP contribution in [0.4, 0.5) is 0 Å². The zero-order chi connectivity index (χ0) is 6.78. The average molecular weight is 116 g/mol. The van der Waals surface area contributed by atoms with Crippen LogP contribution in [0.5, 0.6) is 0 Å². The maximum atomic E-state index is 2.29. The van der Waals surface area contributed by atoms with Crippen molar-refractivity contribution in [3.05, 3.63) is 0 Å². The van der Waals surface area contributed by atoms with E-state index in [9.17, 15) is 0 Å². The third-order valence-electron chi connectivity index (χ3n) is 0.566. The molecule has 50 valence electrons. The van der Waals surface area contributed by atoms with Crippen molar-refractivity contribution in [3.63, 3.8) is 0 Å². The summed E-state index contributed by atoms with van der Waals surface area (Å²) in [4.78, 5) is 2.24.